The number of phenols is 2. The number of ether oxygens (including phenoxy) is 2. The predicted molar refractivity (Wildman–Crippen MR) is 103 cm³/mol. The van der Waals surface area contributed by atoms with E-state index in [-0.39, 0.29) is 37.6 Å². The van der Waals surface area contributed by atoms with Gasteiger partial charge in [-0.05, 0) is 0 Å². The molecule has 28 heavy (non-hydrogen) atoms. The van der Waals surface area contributed by atoms with Gasteiger partial charge in [-0.15, -0.1) is 0 Å². The van der Waals surface area contributed by atoms with Crippen molar-refractivity contribution in [1.82, 2.24) is 0 Å². The molecule has 1 spiro atoms. The van der Waals surface area contributed by atoms with Gasteiger partial charge in [0.15, 0.2) is 0 Å². The van der Waals surface area contributed by atoms with Crippen molar-refractivity contribution < 1.29 is 50.6 Å². The van der Waals surface area contributed by atoms with Crippen LogP contribution in [0.25, 0.3) is 0 Å². The van der Waals surface area contributed by atoms with Crippen LogP contribution in [0.3, 0.4) is 0 Å². The molecule has 0 fully saturated rings. The first-order chi connectivity index (χ1) is 13.3. The quantitative estimate of drug-likeness (QED) is 0.271. The van der Waals surface area contributed by atoms with Crippen LogP contribution in [0.4, 0.5) is 0 Å². The van der Waals surface area contributed by atoms with E-state index in [2.05, 4.69) is 31.9 Å². The molecule has 3 aromatic rings. The van der Waals surface area contributed by atoms with Crippen molar-refractivity contribution in [3.05, 3.63) is 73.7 Å². The van der Waals surface area contributed by atoms with Crippen LogP contribution in [0, 0.1) is 0 Å². The van der Waals surface area contributed by atoms with Crippen LogP contribution >= 0.6 is 31.9 Å². The number of esters is 1. The third-order valence-corrected chi connectivity index (χ3v) is 11.9. The zero-order valence-electron chi connectivity index (χ0n) is 14.1. The average Bonchev–Trinajstić information content (AvgIpc) is 2.92. The van der Waals surface area contributed by atoms with Crippen molar-refractivity contribution in [3.63, 3.8) is 0 Å². The van der Waals surface area contributed by atoms with Crippen molar-refractivity contribution in [2.45, 2.75) is 5.60 Å². The van der Waals surface area contributed by atoms with Crippen molar-refractivity contribution in [2.24, 2.45) is 0 Å². The van der Waals surface area contributed by atoms with E-state index >= 15 is 0 Å². The second-order valence-corrected chi connectivity index (χ2v) is 11.0. The summed E-state index contributed by atoms with van der Waals surface area (Å²) in [4.78, 5) is 13.0. The zero-order chi connectivity index (χ0) is 19.8. The minimum absolute atomic E-state index is 0.0330. The van der Waals surface area contributed by atoms with Gasteiger partial charge in [-0.3, -0.25) is 0 Å². The molecule has 2 N–H and O–H groups in total. The van der Waals surface area contributed by atoms with E-state index in [4.69, 9.17) is 9.47 Å². The van der Waals surface area contributed by atoms with Gasteiger partial charge in [0, 0.05) is 0 Å². The fourth-order valence-electron chi connectivity index (χ4n) is 3.87. The molecule has 2 aliphatic rings. The van der Waals surface area contributed by atoms with E-state index in [1.54, 1.807) is 24.3 Å². The maximum atomic E-state index is 13.0. The van der Waals surface area contributed by atoms with Gasteiger partial charge in [0.25, 0.3) is 0 Å². The van der Waals surface area contributed by atoms with Gasteiger partial charge in [0.1, 0.15) is 0 Å². The number of carbonyl (C=O) groups excluding carboxylic acids is 1. The normalized spacial score (nSPS) is 15.5. The van der Waals surface area contributed by atoms with E-state index in [0.717, 1.165) is 17.6 Å². The molecule has 0 saturated carbocycles. The molecule has 3 aromatic carbocycles. The first kappa shape index (κ1) is 18.5. The molecule has 8 heteroatoms. The fourth-order valence-corrected chi connectivity index (χ4v) is 7.70. The zero-order valence-corrected chi connectivity index (χ0v) is 22.8. The van der Waals surface area contributed by atoms with Crippen molar-refractivity contribution >= 4 is 40.9 Å². The third kappa shape index (κ3) is 2.36. The molecule has 5 nitrogen and oxygen atoms in total. The van der Waals surface area contributed by atoms with E-state index in [1.807, 2.05) is 6.07 Å². The van der Waals surface area contributed by atoms with Crippen molar-refractivity contribution in [1.29, 1.82) is 0 Å². The maximum absolute atomic E-state index is 13.0. The molecule has 0 aliphatic carbocycles. The molecule has 0 unspecified atom stereocenters. The second-order valence-electron chi connectivity index (χ2n) is 6.61. The Hall–Kier alpha value is -1.57. The number of phenolic OH excluding ortho intramolecular Hbond substituents is 2. The molecule has 0 aromatic heterocycles. The molecule has 2 aliphatic heterocycles. The van der Waals surface area contributed by atoms with Crippen molar-refractivity contribution in [3.8, 4) is 23.0 Å². The Morgan fingerprint density at radius 3 is 2.04 bits per heavy atom. The Kier molecular flexibility index (Phi) is 4.09. The summed E-state index contributed by atoms with van der Waals surface area (Å²) in [5.74, 6) is 0.416. The topological polar surface area (TPSA) is 76.0 Å². The second kappa shape index (κ2) is 6.21. The summed E-state index contributed by atoms with van der Waals surface area (Å²) in [6.45, 7) is 0. The van der Waals surface area contributed by atoms with Gasteiger partial charge in [0.2, 0.25) is 0 Å². The SMILES string of the molecule is O=C1OC2(c3ccc(O)cc3Oc3cc(O)ccc32)c2cc(Br)c(Br)[c]([Hg])c21. The average molecular weight is 690 g/mol. The van der Waals surface area contributed by atoms with Crippen LogP contribution in [-0.2, 0) is 36.5 Å². The van der Waals surface area contributed by atoms with Gasteiger partial charge >= 0.3 is 194 Å². The van der Waals surface area contributed by atoms with Gasteiger partial charge in [-0.2, -0.15) is 0 Å². The van der Waals surface area contributed by atoms with E-state index in [0.29, 0.717) is 28.2 Å². The molecule has 2 heterocycles. The van der Waals surface area contributed by atoms with E-state index < -0.39 is 11.6 Å². The van der Waals surface area contributed by atoms with Crippen LogP contribution in [0.2, 0.25) is 0 Å². The molecule has 0 radical (unpaired) electrons. The molecular formula is C20H9Br2HgO5. The van der Waals surface area contributed by atoms with Crippen LogP contribution in [-0.4, -0.2) is 16.2 Å². The van der Waals surface area contributed by atoms with Crippen molar-refractivity contribution in [2.75, 3.05) is 0 Å². The van der Waals surface area contributed by atoms with Crippen LogP contribution in [0.5, 0.6) is 23.0 Å². The number of hydrogen-bond acceptors (Lipinski definition) is 5. The first-order valence-electron chi connectivity index (χ1n) is 8.25. The Balaban J connectivity index is 1.94. The summed E-state index contributed by atoms with van der Waals surface area (Å²) in [6, 6.07) is 11.3. The van der Waals surface area contributed by atoms with Gasteiger partial charge < -0.3 is 0 Å². The molecule has 135 valence electrons. The number of fused-ring (bicyclic) bond motifs is 6. The van der Waals surface area contributed by atoms with Crippen LogP contribution in [0.15, 0.2) is 51.4 Å². The number of benzene rings is 3. The van der Waals surface area contributed by atoms with Gasteiger partial charge in [-0.25, -0.2) is 0 Å². The molecule has 5 rings (SSSR count). The predicted octanol–water partition coefficient (Wildman–Crippen LogP) is 4.36. The molecule has 0 atom stereocenters. The molecule has 0 saturated heterocycles. The van der Waals surface area contributed by atoms with Gasteiger partial charge in [0.05, 0.1) is 0 Å². The molecular weight excluding hydrogens is 681 g/mol. The van der Waals surface area contributed by atoms with E-state index in [1.165, 1.54) is 12.1 Å². The standard InChI is InChI=1S/C20H9Br2O5.Hg/c21-15-7-11-14(8-16(15)22)20(27-19(11)25)12-3-1-9(23)5-17(12)26-18-6-10(24)2-4-13(18)20;/h1-6,8,23-24H;. The number of hydrogen-bond donors (Lipinski definition) is 2. The summed E-state index contributed by atoms with van der Waals surface area (Å²) in [6.07, 6.45) is 0. The monoisotopic (exact) mass is 689 g/mol. The van der Waals surface area contributed by atoms with Crippen LogP contribution in [0.1, 0.15) is 27.0 Å². The number of rotatable bonds is 0. The number of aromatic hydroxyl groups is 2. The Morgan fingerprint density at radius 1 is 0.893 bits per heavy atom. The first-order valence-corrected chi connectivity index (χ1v) is 12.6. The Morgan fingerprint density at radius 2 is 1.46 bits per heavy atom. The summed E-state index contributed by atoms with van der Waals surface area (Å²) in [5, 5.41) is 19.9. The third-order valence-electron chi connectivity index (χ3n) is 5.05. The minimum atomic E-state index is -1.21. The van der Waals surface area contributed by atoms with E-state index in [9.17, 15) is 15.0 Å². The fraction of sp³-hybridized carbons (Fsp3) is 0.0500. The number of halogens is 2. The number of carbonyl (C=O) groups is 1. The molecule has 0 bridgehead atoms. The molecule has 0 amide bonds. The van der Waals surface area contributed by atoms with Gasteiger partial charge in [-0.1, -0.05) is 0 Å². The van der Waals surface area contributed by atoms with Crippen LogP contribution < -0.4 is 7.81 Å². The summed E-state index contributed by atoms with van der Waals surface area (Å²) in [7, 11) is 0. The Labute approximate surface area is 192 Å². The summed E-state index contributed by atoms with van der Waals surface area (Å²) in [5.41, 5.74) is 1.32. The Bertz CT molecular complexity index is 1160. The summed E-state index contributed by atoms with van der Waals surface area (Å²) < 4.78 is 14.7. The summed E-state index contributed by atoms with van der Waals surface area (Å²) >= 11 is 7.29.